The Morgan fingerprint density at radius 2 is 1.76 bits per heavy atom. The molecular weight excluding hydrogens is 500 g/mol. The molecule has 0 amide bonds. The van der Waals surface area contributed by atoms with Gasteiger partial charge in [-0.15, -0.1) is 0 Å². The predicted molar refractivity (Wildman–Crippen MR) is 138 cm³/mol. The van der Waals surface area contributed by atoms with E-state index in [4.69, 9.17) is 14.2 Å². The van der Waals surface area contributed by atoms with E-state index >= 15 is 0 Å². The standard InChI is InChI=1S/C30H32F4O4/c1-4-21-18-26(12-9-22(21)10-14-29(35)36-5-2)37-16-15-20(3)38-28-13-11-24(30(32,33)34)19-27(28)23-7-6-8-25(31)17-23/h6-9,11-13,17-20H,4-5,10,14-16H2,1-3H3/t20-/m0/s1. The first-order valence-corrected chi connectivity index (χ1v) is 12.6. The Bertz CT molecular complexity index is 1220. The molecule has 38 heavy (non-hydrogen) atoms. The molecule has 0 spiro atoms. The third-order valence-electron chi connectivity index (χ3n) is 6.03. The first-order chi connectivity index (χ1) is 18.1. The number of carbonyl (C=O) groups excluding carboxylic acids is 1. The number of hydrogen-bond donors (Lipinski definition) is 0. The molecule has 0 saturated carbocycles. The van der Waals surface area contributed by atoms with E-state index in [1.54, 1.807) is 19.9 Å². The molecule has 0 N–H and O–H groups in total. The van der Waals surface area contributed by atoms with Crippen molar-refractivity contribution in [2.75, 3.05) is 13.2 Å². The zero-order valence-electron chi connectivity index (χ0n) is 21.7. The summed E-state index contributed by atoms with van der Waals surface area (Å²) in [6.07, 6.45) is -2.76. The van der Waals surface area contributed by atoms with Gasteiger partial charge in [0, 0.05) is 18.4 Å². The lowest BCUT2D eigenvalue weighted by atomic mass is 10.0. The summed E-state index contributed by atoms with van der Waals surface area (Å²) >= 11 is 0. The first-order valence-electron chi connectivity index (χ1n) is 12.6. The summed E-state index contributed by atoms with van der Waals surface area (Å²) in [4.78, 5) is 11.7. The molecule has 0 radical (unpaired) electrons. The molecule has 0 aliphatic heterocycles. The highest BCUT2D eigenvalue weighted by molar-refractivity contribution is 5.71. The summed E-state index contributed by atoms with van der Waals surface area (Å²) in [6.45, 7) is 6.29. The zero-order chi connectivity index (χ0) is 27.7. The van der Waals surface area contributed by atoms with Crippen molar-refractivity contribution in [2.24, 2.45) is 0 Å². The van der Waals surface area contributed by atoms with Crippen molar-refractivity contribution in [3.05, 3.63) is 83.2 Å². The Hall–Kier alpha value is -3.55. The second-order valence-electron chi connectivity index (χ2n) is 8.87. The quantitative estimate of drug-likeness (QED) is 0.176. The van der Waals surface area contributed by atoms with Gasteiger partial charge >= 0.3 is 12.1 Å². The van der Waals surface area contributed by atoms with Crippen molar-refractivity contribution in [3.8, 4) is 22.6 Å². The second kappa shape index (κ2) is 13.3. The van der Waals surface area contributed by atoms with Gasteiger partial charge in [-0.1, -0.05) is 25.1 Å². The van der Waals surface area contributed by atoms with Crippen LogP contribution < -0.4 is 9.47 Å². The highest BCUT2D eigenvalue weighted by Gasteiger charge is 2.31. The molecule has 0 fully saturated rings. The molecule has 0 bridgehead atoms. The predicted octanol–water partition coefficient (Wildman–Crippen LogP) is 7.81. The van der Waals surface area contributed by atoms with Gasteiger partial charge in [-0.25, -0.2) is 4.39 Å². The van der Waals surface area contributed by atoms with E-state index < -0.39 is 17.6 Å². The molecule has 1 atom stereocenters. The number of esters is 1. The Kier molecular flexibility index (Phi) is 10.2. The molecule has 3 aromatic carbocycles. The SMILES string of the molecule is CCOC(=O)CCc1ccc(OCC[C@H](C)Oc2ccc(C(F)(F)F)cc2-c2cccc(F)c2)cc1CC. The summed E-state index contributed by atoms with van der Waals surface area (Å²) in [5.74, 6) is 0.141. The fourth-order valence-corrected chi connectivity index (χ4v) is 4.04. The van der Waals surface area contributed by atoms with E-state index in [2.05, 4.69) is 0 Å². The smallest absolute Gasteiger partial charge is 0.416 e. The summed E-state index contributed by atoms with van der Waals surface area (Å²) in [5, 5.41) is 0. The van der Waals surface area contributed by atoms with Crippen LogP contribution in [0.5, 0.6) is 11.5 Å². The van der Waals surface area contributed by atoms with E-state index in [1.165, 1.54) is 24.3 Å². The first kappa shape index (κ1) is 29.0. The molecule has 0 unspecified atom stereocenters. The number of ether oxygens (including phenoxy) is 3. The Labute approximate surface area is 220 Å². The molecule has 0 heterocycles. The van der Waals surface area contributed by atoms with Crippen LogP contribution in [0.4, 0.5) is 17.6 Å². The maximum Gasteiger partial charge on any atom is 0.416 e. The van der Waals surface area contributed by atoms with E-state index in [0.717, 1.165) is 29.7 Å². The monoisotopic (exact) mass is 532 g/mol. The van der Waals surface area contributed by atoms with Crippen molar-refractivity contribution < 1.29 is 36.6 Å². The van der Waals surface area contributed by atoms with Crippen LogP contribution in [0.1, 0.15) is 50.3 Å². The van der Waals surface area contributed by atoms with Crippen LogP contribution in [0.3, 0.4) is 0 Å². The number of halogens is 4. The van der Waals surface area contributed by atoms with Crippen LogP contribution >= 0.6 is 0 Å². The minimum Gasteiger partial charge on any atom is -0.493 e. The number of benzene rings is 3. The largest absolute Gasteiger partial charge is 0.493 e. The van der Waals surface area contributed by atoms with Gasteiger partial charge in [0.05, 0.1) is 24.9 Å². The van der Waals surface area contributed by atoms with Crippen molar-refractivity contribution in [2.45, 2.75) is 58.7 Å². The number of aryl methyl sites for hydroxylation is 2. The van der Waals surface area contributed by atoms with E-state index in [9.17, 15) is 22.4 Å². The minimum atomic E-state index is -4.54. The summed E-state index contributed by atoms with van der Waals surface area (Å²) < 4.78 is 70.6. The van der Waals surface area contributed by atoms with Crippen molar-refractivity contribution in [3.63, 3.8) is 0 Å². The van der Waals surface area contributed by atoms with Gasteiger partial charge in [-0.2, -0.15) is 13.2 Å². The van der Waals surface area contributed by atoms with Crippen molar-refractivity contribution in [1.82, 2.24) is 0 Å². The zero-order valence-corrected chi connectivity index (χ0v) is 21.7. The molecule has 8 heteroatoms. The number of carbonyl (C=O) groups is 1. The van der Waals surface area contributed by atoms with E-state index in [1.807, 2.05) is 25.1 Å². The number of rotatable bonds is 12. The van der Waals surface area contributed by atoms with Gasteiger partial charge in [0.15, 0.2) is 0 Å². The molecule has 3 aromatic rings. The highest BCUT2D eigenvalue weighted by atomic mass is 19.4. The number of alkyl halides is 3. The van der Waals surface area contributed by atoms with Crippen molar-refractivity contribution >= 4 is 5.97 Å². The van der Waals surface area contributed by atoms with Gasteiger partial charge in [0.2, 0.25) is 0 Å². The molecule has 0 aliphatic rings. The van der Waals surface area contributed by atoms with Crippen molar-refractivity contribution in [1.29, 1.82) is 0 Å². The van der Waals surface area contributed by atoms with E-state index in [-0.39, 0.29) is 23.4 Å². The van der Waals surface area contributed by atoms with Crippen LogP contribution in [0.25, 0.3) is 11.1 Å². The maximum absolute atomic E-state index is 13.8. The third kappa shape index (κ3) is 8.23. The van der Waals surface area contributed by atoms with Crippen LogP contribution in [-0.2, 0) is 28.5 Å². The van der Waals surface area contributed by atoms with Crippen LogP contribution in [0.2, 0.25) is 0 Å². The lowest BCUT2D eigenvalue weighted by Gasteiger charge is -2.19. The third-order valence-corrected chi connectivity index (χ3v) is 6.03. The summed E-state index contributed by atoms with van der Waals surface area (Å²) in [5.41, 5.74) is 1.78. The van der Waals surface area contributed by atoms with Gasteiger partial charge in [0.1, 0.15) is 17.3 Å². The average Bonchev–Trinajstić information content (AvgIpc) is 2.87. The van der Waals surface area contributed by atoms with Crippen LogP contribution in [0.15, 0.2) is 60.7 Å². The average molecular weight is 533 g/mol. The topological polar surface area (TPSA) is 44.8 Å². The van der Waals surface area contributed by atoms with Gasteiger partial charge in [-0.05, 0) is 85.8 Å². The maximum atomic E-state index is 13.8. The summed E-state index contributed by atoms with van der Waals surface area (Å²) in [7, 11) is 0. The molecule has 0 saturated heterocycles. The van der Waals surface area contributed by atoms with Gasteiger partial charge in [0.25, 0.3) is 0 Å². The minimum absolute atomic E-state index is 0.165. The molecule has 204 valence electrons. The Morgan fingerprint density at radius 1 is 0.974 bits per heavy atom. The molecule has 3 rings (SSSR count). The normalized spacial score (nSPS) is 12.2. The fourth-order valence-electron chi connectivity index (χ4n) is 4.04. The molecular formula is C30H32F4O4. The lowest BCUT2D eigenvalue weighted by Crippen LogP contribution is -2.16. The number of hydrogen-bond acceptors (Lipinski definition) is 4. The van der Waals surface area contributed by atoms with Gasteiger partial charge in [-0.3, -0.25) is 4.79 Å². The van der Waals surface area contributed by atoms with Crippen LogP contribution in [-0.4, -0.2) is 25.3 Å². The lowest BCUT2D eigenvalue weighted by molar-refractivity contribution is -0.143. The van der Waals surface area contributed by atoms with Crippen LogP contribution in [0, 0.1) is 5.82 Å². The summed E-state index contributed by atoms with van der Waals surface area (Å²) in [6, 6.07) is 14.3. The van der Waals surface area contributed by atoms with E-state index in [0.29, 0.717) is 43.8 Å². The van der Waals surface area contributed by atoms with Gasteiger partial charge < -0.3 is 14.2 Å². The Morgan fingerprint density at radius 3 is 2.45 bits per heavy atom. The molecule has 0 aromatic heterocycles. The second-order valence-corrected chi connectivity index (χ2v) is 8.87. The highest BCUT2D eigenvalue weighted by Crippen LogP contribution is 2.38. The molecule has 4 nitrogen and oxygen atoms in total. The fraction of sp³-hybridized carbons (Fsp3) is 0.367. The Balaban J connectivity index is 1.64. The molecule has 0 aliphatic carbocycles.